The lowest BCUT2D eigenvalue weighted by Crippen LogP contribution is -2.20. The molecule has 0 saturated heterocycles. The molecule has 0 aliphatic rings. The highest BCUT2D eigenvalue weighted by molar-refractivity contribution is 5.75. The third-order valence-electron chi connectivity index (χ3n) is 3.63. The van der Waals surface area contributed by atoms with E-state index in [0.717, 1.165) is 5.56 Å². The number of nitro groups is 1. The van der Waals surface area contributed by atoms with Gasteiger partial charge in [-0.05, 0) is 29.2 Å². The predicted molar refractivity (Wildman–Crippen MR) is 95.9 cm³/mol. The summed E-state index contributed by atoms with van der Waals surface area (Å²) in [6, 6.07) is 11.4. The van der Waals surface area contributed by atoms with Gasteiger partial charge in [0.2, 0.25) is 5.75 Å². The highest BCUT2D eigenvalue weighted by Gasteiger charge is 2.21. The van der Waals surface area contributed by atoms with Crippen LogP contribution in [0.3, 0.4) is 0 Å². The molecule has 0 bridgehead atoms. The van der Waals surface area contributed by atoms with Gasteiger partial charge in [-0.1, -0.05) is 39.0 Å². The van der Waals surface area contributed by atoms with Gasteiger partial charge in [0.25, 0.3) is 0 Å². The van der Waals surface area contributed by atoms with E-state index in [4.69, 9.17) is 14.2 Å². The van der Waals surface area contributed by atoms with Crippen LogP contribution in [0, 0.1) is 10.1 Å². The number of benzene rings is 2. The molecule has 0 fully saturated rings. The molecule has 0 radical (unpaired) electrons. The summed E-state index contributed by atoms with van der Waals surface area (Å²) < 4.78 is 15.6. The molecule has 2 rings (SSSR count). The molecule has 0 N–H and O–H groups in total. The minimum atomic E-state index is -0.734. The Labute approximate surface area is 151 Å². The fourth-order valence-corrected chi connectivity index (χ4v) is 2.35. The van der Waals surface area contributed by atoms with Crippen molar-refractivity contribution >= 4 is 11.7 Å². The number of hydrogen-bond donors (Lipinski definition) is 0. The van der Waals surface area contributed by atoms with E-state index in [1.165, 1.54) is 25.3 Å². The highest BCUT2D eigenvalue weighted by Crippen LogP contribution is 2.32. The maximum absolute atomic E-state index is 12.1. The van der Waals surface area contributed by atoms with E-state index in [9.17, 15) is 14.9 Å². The van der Waals surface area contributed by atoms with E-state index in [0.29, 0.717) is 11.5 Å². The quantitative estimate of drug-likeness (QED) is 0.336. The Kier molecular flexibility index (Phi) is 5.82. The summed E-state index contributed by atoms with van der Waals surface area (Å²) in [4.78, 5) is 22.6. The van der Waals surface area contributed by atoms with Crippen molar-refractivity contribution in [3.05, 3.63) is 58.1 Å². The summed E-state index contributed by atoms with van der Waals surface area (Å²) in [7, 11) is 1.39. The number of carbonyl (C=O) groups is 1. The zero-order valence-electron chi connectivity index (χ0n) is 15.1. The zero-order chi connectivity index (χ0) is 19.3. The van der Waals surface area contributed by atoms with Crippen molar-refractivity contribution in [2.75, 3.05) is 13.7 Å². The van der Waals surface area contributed by atoms with Crippen molar-refractivity contribution in [2.45, 2.75) is 26.2 Å². The van der Waals surface area contributed by atoms with Gasteiger partial charge in [-0.25, -0.2) is 4.79 Å². The Morgan fingerprint density at radius 1 is 1.12 bits per heavy atom. The molecular formula is C19H21NO6. The first kappa shape index (κ1) is 19.2. The number of rotatable bonds is 6. The molecule has 26 heavy (non-hydrogen) atoms. The number of nitro benzene ring substituents is 1. The summed E-state index contributed by atoms with van der Waals surface area (Å²) in [5.41, 5.74) is 0.436. The summed E-state index contributed by atoms with van der Waals surface area (Å²) in [6.45, 7) is 5.74. The van der Waals surface area contributed by atoms with Gasteiger partial charge in [-0.3, -0.25) is 10.1 Å². The van der Waals surface area contributed by atoms with Crippen LogP contribution in [0.2, 0.25) is 0 Å². The highest BCUT2D eigenvalue weighted by atomic mass is 16.6. The minimum Gasteiger partial charge on any atom is -0.496 e. The first-order valence-electron chi connectivity index (χ1n) is 7.98. The Balaban J connectivity index is 2.10. The second kappa shape index (κ2) is 7.86. The lowest BCUT2D eigenvalue weighted by molar-refractivity contribution is -0.385. The van der Waals surface area contributed by atoms with Crippen LogP contribution in [-0.4, -0.2) is 24.6 Å². The third kappa shape index (κ3) is 4.72. The number of esters is 1. The van der Waals surface area contributed by atoms with E-state index in [1.807, 2.05) is 39.0 Å². The molecule has 0 heterocycles. The van der Waals surface area contributed by atoms with E-state index in [2.05, 4.69) is 0 Å². The van der Waals surface area contributed by atoms with Crippen molar-refractivity contribution in [1.29, 1.82) is 0 Å². The minimum absolute atomic E-state index is 0.157. The average molecular weight is 359 g/mol. The summed E-state index contributed by atoms with van der Waals surface area (Å²) in [5, 5.41) is 11.1. The van der Waals surface area contributed by atoms with Gasteiger partial charge < -0.3 is 14.2 Å². The maximum atomic E-state index is 12.1. The Hall–Kier alpha value is -3.09. The molecule has 0 aliphatic carbocycles. The Bertz CT molecular complexity index is 810. The normalized spacial score (nSPS) is 10.9. The van der Waals surface area contributed by atoms with Crippen LogP contribution in [0.15, 0.2) is 42.5 Å². The van der Waals surface area contributed by atoms with E-state index in [-0.39, 0.29) is 23.5 Å². The van der Waals surface area contributed by atoms with Crippen LogP contribution >= 0.6 is 0 Å². The van der Waals surface area contributed by atoms with E-state index >= 15 is 0 Å². The SMILES string of the molecule is COc1ccc(OC(=O)COc2ccccc2C(C)(C)C)c([N+](=O)[O-])c1. The standard InChI is InChI=1S/C19H21NO6/c1-19(2,3)14-7-5-6-8-16(14)25-12-18(21)26-17-10-9-13(24-4)11-15(17)20(22)23/h5-11H,12H2,1-4H3. The second-order valence-corrected chi connectivity index (χ2v) is 6.60. The van der Waals surface area contributed by atoms with Crippen LogP contribution in [0.4, 0.5) is 5.69 Å². The van der Waals surface area contributed by atoms with Crippen LogP contribution in [0.25, 0.3) is 0 Å². The number of hydrogen-bond acceptors (Lipinski definition) is 6. The molecule has 0 saturated carbocycles. The van der Waals surface area contributed by atoms with Crippen LogP contribution in [-0.2, 0) is 10.2 Å². The van der Waals surface area contributed by atoms with E-state index < -0.39 is 10.9 Å². The van der Waals surface area contributed by atoms with Gasteiger partial charge in [0.15, 0.2) is 6.61 Å². The Morgan fingerprint density at radius 3 is 2.42 bits per heavy atom. The number of para-hydroxylation sites is 1. The first-order chi connectivity index (χ1) is 12.2. The van der Waals surface area contributed by atoms with Gasteiger partial charge in [-0.15, -0.1) is 0 Å². The molecule has 0 spiro atoms. The molecule has 138 valence electrons. The number of carbonyl (C=O) groups excluding carboxylic acids is 1. The first-order valence-corrected chi connectivity index (χ1v) is 7.98. The fourth-order valence-electron chi connectivity index (χ4n) is 2.35. The fraction of sp³-hybridized carbons (Fsp3) is 0.316. The third-order valence-corrected chi connectivity index (χ3v) is 3.63. The second-order valence-electron chi connectivity index (χ2n) is 6.60. The average Bonchev–Trinajstić information content (AvgIpc) is 2.59. The molecule has 0 aliphatic heterocycles. The van der Waals surface area contributed by atoms with Crippen molar-refractivity contribution in [2.24, 2.45) is 0 Å². The molecular weight excluding hydrogens is 338 g/mol. The number of methoxy groups -OCH3 is 1. The zero-order valence-corrected chi connectivity index (χ0v) is 15.1. The number of ether oxygens (including phenoxy) is 3. The lowest BCUT2D eigenvalue weighted by Gasteiger charge is -2.22. The molecule has 7 nitrogen and oxygen atoms in total. The molecule has 2 aromatic carbocycles. The van der Waals surface area contributed by atoms with Gasteiger partial charge in [0.1, 0.15) is 11.5 Å². The van der Waals surface area contributed by atoms with Gasteiger partial charge in [0, 0.05) is 0 Å². The molecule has 0 atom stereocenters. The van der Waals surface area contributed by atoms with E-state index in [1.54, 1.807) is 6.07 Å². The molecule has 7 heteroatoms. The summed E-state index contributed by atoms with van der Waals surface area (Å²) in [5.74, 6) is -0.0245. The summed E-state index contributed by atoms with van der Waals surface area (Å²) in [6.07, 6.45) is 0. The molecule has 0 amide bonds. The summed E-state index contributed by atoms with van der Waals surface area (Å²) >= 11 is 0. The topological polar surface area (TPSA) is 87.9 Å². The van der Waals surface area contributed by atoms with Gasteiger partial charge in [0.05, 0.1) is 18.1 Å². The van der Waals surface area contributed by atoms with Gasteiger partial charge in [-0.2, -0.15) is 0 Å². The van der Waals surface area contributed by atoms with Crippen LogP contribution < -0.4 is 14.2 Å². The smallest absolute Gasteiger partial charge is 0.349 e. The number of nitrogens with zero attached hydrogens (tertiary/aromatic N) is 1. The monoisotopic (exact) mass is 359 g/mol. The van der Waals surface area contributed by atoms with Crippen molar-refractivity contribution in [3.8, 4) is 17.2 Å². The molecule has 0 aromatic heterocycles. The maximum Gasteiger partial charge on any atom is 0.349 e. The predicted octanol–water partition coefficient (Wildman–Crippen LogP) is 3.89. The molecule has 0 unspecified atom stereocenters. The lowest BCUT2D eigenvalue weighted by atomic mass is 9.86. The van der Waals surface area contributed by atoms with Gasteiger partial charge >= 0.3 is 11.7 Å². The largest absolute Gasteiger partial charge is 0.496 e. The van der Waals surface area contributed by atoms with Crippen molar-refractivity contribution in [3.63, 3.8) is 0 Å². The van der Waals surface area contributed by atoms with Crippen LogP contribution in [0.5, 0.6) is 17.2 Å². The van der Waals surface area contributed by atoms with Crippen molar-refractivity contribution < 1.29 is 23.9 Å². The molecule has 2 aromatic rings. The van der Waals surface area contributed by atoms with Crippen LogP contribution in [0.1, 0.15) is 26.3 Å². The Morgan fingerprint density at radius 2 is 1.81 bits per heavy atom. The van der Waals surface area contributed by atoms with Crippen molar-refractivity contribution in [1.82, 2.24) is 0 Å².